The Morgan fingerprint density at radius 1 is 1.14 bits per heavy atom. The Bertz CT molecular complexity index is 779. The Labute approximate surface area is 128 Å². The van der Waals surface area contributed by atoms with Crippen LogP contribution in [-0.4, -0.2) is 21.1 Å². The molecule has 1 N–H and O–H groups in total. The Morgan fingerprint density at radius 2 is 2.00 bits per heavy atom. The van der Waals surface area contributed by atoms with E-state index in [-0.39, 0.29) is 0 Å². The molecule has 21 heavy (non-hydrogen) atoms. The molecule has 1 aromatic carbocycles. The van der Waals surface area contributed by atoms with Gasteiger partial charge < -0.3 is 9.88 Å². The first-order chi connectivity index (χ1) is 10.1. The van der Waals surface area contributed by atoms with Crippen molar-refractivity contribution < 1.29 is 0 Å². The van der Waals surface area contributed by atoms with Gasteiger partial charge in [0.2, 0.25) is 0 Å². The maximum Gasteiger partial charge on any atom is 0.134 e. The number of rotatable bonds is 4. The molecule has 0 radical (unpaired) electrons. The van der Waals surface area contributed by atoms with Crippen molar-refractivity contribution in [2.24, 2.45) is 0 Å². The van der Waals surface area contributed by atoms with Crippen LogP contribution in [0.2, 0.25) is 5.15 Å². The van der Waals surface area contributed by atoms with Crippen molar-refractivity contribution in [1.82, 2.24) is 14.5 Å². The fraction of sp³-hybridized carbons (Fsp3) is 0.250. The van der Waals surface area contributed by atoms with E-state index in [0.717, 1.165) is 18.9 Å². The van der Waals surface area contributed by atoms with Crippen molar-refractivity contribution in [1.29, 1.82) is 0 Å². The van der Waals surface area contributed by atoms with Crippen LogP contribution >= 0.6 is 11.6 Å². The van der Waals surface area contributed by atoms with Gasteiger partial charge >= 0.3 is 0 Å². The fourth-order valence-corrected chi connectivity index (χ4v) is 2.70. The molecule has 3 aromatic rings. The minimum Gasteiger partial charge on any atom is -0.368 e. The van der Waals surface area contributed by atoms with Crippen molar-refractivity contribution in [2.45, 2.75) is 20.4 Å². The van der Waals surface area contributed by atoms with Crippen LogP contribution in [0.15, 0.2) is 36.7 Å². The van der Waals surface area contributed by atoms with Crippen LogP contribution < -0.4 is 5.32 Å². The van der Waals surface area contributed by atoms with Gasteiger partial charge in [0, 0.05) is 35.8 Å². The molecule has 0 saturated heterocycles. The van der Waals surface area contributed by atoms with Crippen LogP contribution in [0.3, 0.4) is 0 Å². The molecule has 2 heterocycles. The summed E-state index contributed by atoms with van der Waals surface area (Å²) >= 11 is 5.85. The number of anilines is 1. The van der Waals surface area contributed by atoms with Crippen molar-refractivity contribution in [3.05, 3.63) is 53.1 Å². The Morgan fingerprint density at radius 3 is 2.81 bits per heavy atom. The number of benzene rings is 1. The third-order valence-corrected chi connectivity index (χ3v) is 3.75. The first-order valence-corrected chi connectivity index (χ1v) is 7.29. The number of hydrogen-bond donors (Lipinski definition) is 1. The number of aryl methyl sites for hydroxylation is 2. The van der Waals surface area contributed by atoms with E-state index in [1.807, 2.05) is 0 Å². The molecule has 0 atom stereocenters. The van der Waals surface area contributed by atoms with Crippen LogP contribution in [0.5, 0.6) is 0 Å². The van der Waals surface area contributed by atoms with E-state index in [1.54, 1.807) is 6.07 Å². The minimum atomic E-state index is 0.450. The molecule has 0 saturated carbocycles. The summed E-state index contributed by atoms with van der Waals surface area (Å²) in [5.74, 6) is 0.750. The molecule has 3 rings (SSSR count). The quantitative estimate of drug-likeness (QED) is 0.745. The Hall–Kier alpha value is -2.07. The largest absolute Gasteiger partial charge is 0.368 e. The smallest absolute Gasteiger partial charge is 0.134 e. The summed E-state index contributed by atoms with van der Waals surface area (Å²) in [5, 5.41) is 5.01. The van der Waals surface area contributed by atoms with Gasteiger partial charge in [-0.2, -0.15) is 0 Å². The second-order valence-corrected chi connectivity index (χ2v) is 5.54. The maximum absolute atomic E-state index is 5.85. The zero-order valence-corrected chi connectivity index (χ0v) is 12.9. The van der Waals surface area contributed by atoms with Crippen molar-refractivity contribution in [3.8, 4) is 0 Å². The molecule has 5 heteroatoms. The zero-order valence-electron chi connectivity index (χ0n) is 12.1. The van der Waals surface area contributed by atoms with Crippen molar-refractivity contribution in [3.63, 3.8) is 0 Å². The topological polar surface area (TPSA) is 42.7 Å². The molecule has 108 valence electrons. The van der Waals surface area contributed by atoms with Gasteiger partial charge in [0.05, 0.1) is 0 Å². The van der Waals surface area contributed by atoms with E-state index in [2.05, 4.69) is 58.0 Å². The van der Waals surface area contributed by atoms with E-state index < -0.39 is 0 Å². The highest BCUT2D eigenvalue weighted by molar-refractivity contribution is 6.29. The monoisotopic (exact) mass is 300 g/mol. The number of aromatic nitrogens is 3. The van der Waals surface area contributed by atoms with Crippen molar-refractivity contribution >= 4 is 28.3 Å². The summed E-state index contributed by atoms with van der Waals surface area (Å²) in [5.41, 5.74) is 3.81. The lowest BCUT2D eigenvalue weighted by molar-refractivity contribution is 0.733. The van der Waals surface area contributed by atoms with Gasteiger partial charge in [0.15, 0.2) is 0 Å². The van der Waals surface area contributed by atoms with Gasteiger partial charge in [0.25, 0.3) is 0 Å². The summed E-state index contributed by atoms with van der Waals surface area (Å²) in [7, 11) is 0. The van der Waals surface area contributed by atoms with Crippen LogP contribution in [-0.2, 0) is 6.54 Å². The average molecular weight is 301 g/mol. The van der Waals surface area contributed by atoms with Gasteiger partial charge in [-0.1, -0.05) is 23.2 Å². The molecular formula is C16H17ClN4. The lowest BCUT2D eigenvalue weighted by atomic mass is 10.2. The Kier molecular flexibility index (Phi) is 3.80. The molecule has 2 aromatic heterocycles. The number of nitrogens with zero attached hydrogens (tertiary/aromatic N) is 3. The first-order valence-electron chi connectivity index (χ1n) is 6.91. The van der Waals surface area contributed by atoms with Crippen molar-refractivity contribution in [2.75, 3.05) is 11.9 Å². The molecule has 0 aliphatic rings. The summed E-state index contributed by atoms with van der Waals surface area (Å²) in [4.78, 5) is 8.01. The molecule has 0 aliphatic heterocycles. The predicted octanol–water partition coefficient (Wildman–Crippen LogP) is 3.81. The molecule has 0 spiro atoms. The lowest BCUT2D eigenvalue weighted by Crippen LogP contribution is -2.12. The van der Waals surface area contributed by atoms with Gasteiger partial charge in [-0.25, -0.2) is 9.97 Å². The molecule has 0 unspecified atom stereocenters. The third-order valence-electron chi connectivity index (χ3n) is 3.54. The molecule has 0 amide bonds. The summed E-state index contributed by atoms with van der Waals surface area (Å²) in [6.45, 7) is 5.91. The van der Waals surface area contributed by atoms with Crippen LogP contribution in [0.4, 0.5) is 5.82 Å². The molecule has 4 nitrogen and oxygen atoms in total. The zero-order chi connectivity index (χ0) is 14.8. The van der Waals surface area contributed by atoms with Crippen LogP contribution in [0, 0.1) is 13.8 Å². The van der Waals surface area contributed by atoms with E-state index in [1.165, 1.54) is 28.5 Å². The first kappa shape index (κ1) is 13.9. The van der Waals surface area contributed by atoms with E-state index in [9.17, 15) is 0 Å². The number of hydrogen-bond acceptors (Lipinski definition) is 3. The summed E-state index contributed by atoms with van der Waals surface area (Å²) in [6.07, 6.45) is 1.46. The lowest BCUT2D eigenvalue weighted by Gasteiger charge is -2.10. The van der Waals surface area contributed by atoms with Crippen LogP contribution in [0.25, 0.3) is 10.9 Å². The molecule has 0 aliphatic carbocycles. The van der Waals surface area contributed by atoms with E-state index >= 15 is 0 Å². The standard InChI is InChI=1S/C16H17ClN4/c1-11-3-4-14-13(7-11)8-12(2)21(14)6-5-18-16-9-15(17)19-10-20-16/h3-4,7-10H,5-6H2,1-2H3,(H,18,19,20). The second-order valence-electron chi connectivity index (χ2n) is 5.15. The normalized spacial score (nSPS) is 11.0. The number of fused-ring (bicyclic) bond motifs is 1. The SMILES string of the molecule is Cc1ccc2c(c1)cc(C)n2CCNc1cc(Cl)ncn1. The van der Waals surface area contributed by atoms with E-state index in [0.29, 0.717) is 5.15 Å². The highest BCUT2D eigenvalue weighted by Gasteiger charge is 2.05. The third kappa shape index (κ3) is 3.00. The molecule has 0 bridgehead atoms. The average Bonchev–Trinajstić information content (AvgIpc) is 2.74. The van der Waals surface area contributed by atoms with Gasteiger partial charge in [-0.15, -0.1) is 0 Å². The van der Waals surface area contributed by atoms with Crippen LogP contribution in [0.1, 0.15) is 11.3 Å². The minimum absolute atomic E-state index is 0.450. The highest BCUT2D eigenvalue weighted by Crippen LogP contribution is 2.20. The molecule has 0 fully saturated rings. The van der Waals surface area contributed by atoms with Gasteiger partial charge in [0.1, 0.15) is 17.3 Å². The number of halogens is 1. The van der Waals surface area contributed by atoms with Gasteiger partial charge in [-0.3, -0.25) is 0 Å². The highest BCUT2D eigenvalue weighted by atomic mass is 35.5. The van der Waals surface area contributed by atoms with Gasteiger partial charge in [-0.05, 0) is 32.0 Å². The molecular weight excluding hydrogens is 284 g/mol. The van der Waals surface area contributed by atoms with E-state index in [4.69, 9.17) is 11.6 Å². The maximum atomic E-state index is 5.85. The number of nitrogens with one attached hydrogen (secondary N) is 1. The summed E-state index contributed by atoms with van der Waals surface area (Å²) < 4.78 is 2.31. The second kappa shape index (κ2) is 5.74. The summed E-state index contributed by atoms with van der Waals surface area (Å²) in [6, 6.07) is 10.5. The fourth-order valence-electron chi connectivity index (χ4n) is 2.55. The Balaban J connectivity index is 1.75. The predicted molar refractivity (Wildman–Crippen MR) is 86.9 cm³/mol.